The smallest absolute Gasteiger partial charge is 0.267 e. The summed E-state index contributed by atoms with van der Waals surface area (Å²) in [6.07, 6.45) is 3.93. The van der Waals surface area contributed by atoms with E-state index < -0.39 is 0 Å². The van der Waals surface area contributed by atoms with Crippen molar-refractivity contribution in [3.8, 4) is 0 Å². The van der Waals surface area contributed by atoms with Crippen LogP contribution in [0.5, 0.6) is 0 Å². The predicted molar refractivity (Wildman–Crippen MR) is 66.3 cm³/mol. The molecule has 3 nitrogen and oxygen atoms in total. The van der Waals surface area contributed by atoms with Gasteiger partial charge in [0.05, 0.1) is 0 Å². The SMILES string of the molecule is O=C(NC1CCSCC1)c1cc(Br)c[nH]1. The van der Waals surface area contributed by atoms with E-state index in [0.29, 0.717) is 11.7 Å². The zero-order chi connectivity index (χ0) is 10.7. The van der Waals surface area contributed by atoms with Gasteiger partial charge in [-0.05, 0) is 46.3 Å². The van der Waals surface area contributed by atoms with Crippen LogP contribution in [0.25, 0.3) is 0 Å². The molecule has 2 rings (SSSR count). The quantitative estimate of drug-likeness (QED) is 0.878. The van der Waals surface area contributed by atoms with Crippen LogP contribution in [0, 0.1) is 0 Å². The third-order valence-electron chi connectivity index (χ3n) is 2.45. The molecule has 1 aliphatic heterocycles. The van der Waals surface area contributed by atoms with Gasteiger partial charge in [0.2, 0.25) is 0 Å². The standard InChI is InChI=1S/C10H13BrN2OS/c11-7-5-9(12-6-7)10(14)13-8-1-3-15-4-2-8/h5-6,8,12H,1-4H2,(H,13,14). The number of nitrogens with one attached hydrogen (secondary N) is 2. The molecular weight excluding hydrogens is 276 g/mol. The topological polar surface area (TPSA) is 44.9 Å². The third-order valence-corrected chi connectivity index (χ3v) is 3.96. The maximum atomic E-state index is 11.8. The molecular formula is C10H13BrN2OS. The lowest BCUT2D eigenvalue weighted by molar-refractivity contribution is 0.0930. The maximum absolute atomic E-state index is 11.8. The lowest BCUT2D eigenvalue weighted by Gasteiger charge is -2.22. The molecule has 0 radical (unpaired) electrons. The Hall–Kier alpha value is -0.420. The van der Waals surface area contributed by atoms with Crippen molar-refractivity contribution in [2.75, 3.05) is 11.5 Å². The highest BCUT2D eigenvalue weighted by atomic mass is 79.9. The lowest BCUT2D eigenvalue weighted by Crippen LogP contribution is -2.37. The summed E-state index contributed by atoms with van der Waals surface area (Å²) in [5.41, 5.74) is 0.625. The van der Waals surface area contributed by atoms with Crippen molar-refractivity contribution < 1.29 is 4.79 Å². The fraction of sp³-hybridized carbons (Fsp3) is 0.500. The van der Waals surface area contributed by atoms with Gasteiger partial charge in [-0.3, -0.25) is 4.79 Å². The molecule has 0 atom stereocenters. The van der Waals surface area contributed by atoms with E-state index in [1.807, 2.05) is 11.8 Å². The Morgan fingerprint density at radius 1 is 1.53 bits per heavy atom. The van der Waals surface area contributed by atoms with Crippen molar-refractivity contribution in [2.24, 2.45) is 0 Å². The molecule has 1 saturated heterocycles. The zero-order valence-corrected chi connectivity index (χ0v) is 10.7. The Balaban J connectivity index is 1.91. The number of carbonyl (C=O) groups excluding carboxylic acids is 1. The summed E-state index contributed by atoms with van der Waals surface area (Å²) in [5.74, 6) is 2.30. The summed E-state index contributed by atoms with van der Waals surface area (Å²) in [4.78, 5) is 14.7. The molecule has 1 aromatic rings. The third kappa shape index (κ3) is 3.01. The summed E-state index contributed by atoms with van der Waals surface area (Å²) >= 11 is 5.27. The molecule has 1 aromatic heterocycles. The second kappa shape index (κ2) is 5.07. The van der Waals surface area contributed by atoms with Gasteiger partial charge in [0, 0.05) is 16.7 Å². The number of rotatable bonds is 2. The number of amides is 1. The molecule has 0 bridgehead atoms. The molecule has 2 heterocycles. The summed E-state index contributed by atoms with van der Waals surface area (Å²) in [6.45, 7) is 0. The summed E-state index contributed by atoms with van der Waals surface area (Å²) in [7, 11) is 0. The van der Waals surface area contributed by atoms with E-state index >= 15 is 0 Å². The summed E-state index contributed by atoms with van der Waals surface area (Å²) in [6, 6.07) is 2.15. The van der Waals surface area contributed by atoms with Crippen LogP contribution in [0.4, 0.5) is 0 Å². The van der Waals surface area contributed by atoms with Crippen molar-refractivity contribution >= 4 is 33.6 Å². The molecule has 0 aliphatic carbocycles. The molecule has 1 amide bonds. The van der Waals surface area contributed by atoms with Crippen LogP contribution in [0.15, 0.2) is 16.7 Å². The van der Waals surface area contributed by atoms with Gasteiger partial charge < -0.3 is 10.3 Å². The van der Waals surface area contributed by atoms with Gasteiger partial charge in [0.15, 0.2) is 0 Å². The van der Waals surface area contributed by atoms with Crippen molar-refractivity contribution in [2.45, 2.75) is 18.9 Å². The number of carbonyl (C=O) groups is 1. The Bertz CT molecular complexity index is 347. The number of aromatic amines is 1. The molecule has 1 aliphatic rings. The lowest BCUT2D eigenvalue weighted by atomic mass is 10.1. The van der Waals surface area contributed by atoms with Crippen molar-refractivity contribution in [1.29, 1.82) is 0 Å². The average molecular weight is 289 g/mol. The van der Waals surface area contributed by atoms with E-state index in [9.17, 15) is 4.79 Å². The number of hydrogen-bond donors (Lipinski definition) is 2. The van der Waals surface area contributed by atoms with E-state index in [1.165, 1.54) is 0 Å². The number of H-pyrrole nitrogens is 1. The first-order valence-electron chi connectivity index (χ1n) is 4.98. The van der Waals surface area contributed by atoms with Crippen molar-refractivity contribution in [3.63, 3.8) is 0 Å². The first-order valence-corrected chi connectivity index (χ1v) is 6.93. The van der Waals surface area contributed by atoms with Crippen LogP contribution in [0.1, 0.15) is 23.3 Å². The van der Waals surface area contributed by atoms with E-state index in [2.05, 4.69) is 26.2 Å². The van der Waals surface area contributed by atoms with Crippen LogP contribution >= 0.6 is 27.7 Å². The van der Waals surface area contributed by atoms with Crippen LogP contribution in [0.3, 0.4) is 0 Å². The highest BCUT2D eigenvalue weighted by Crippen LogP contribution is 2.17. The molecule has 15 heavy (non-hydrogen) atoms. The Labute approximate surface area is 102 Å². The maximum Gasteiger partial charge on any atom is 0.267 e. The minimum atomic E-state index is -0.00222. The average Bonchev–Trinajstić information content (AvgIpc) is 2.66. The molecule has 1 fully saturated rings. The van der Waals surface area contributed by atoms with Crippen LogP contribution in [0.2, 0.25) is 0 Å². The first kappa shape index (κ1) is 11.1. The molecule has 2 N–H and O–H groups in total. The molecule has 0 saturated carbocycles. The molecule has 82 valence electrons. The zero-order valence-electron chi connectivity index (χ0n) is 8.25. The number of halogens is 1. The van der Waals surface area contributed by atoms with Crippen LogP contribution < -0.4 is 5.32 Å². The summed E-state index contributed by atoms with van der Waals surface area (Å²) < 4.78 is 0.909. The predicted octanol–water partition coefficient (Wildman–Crippen LogP) is 2.40. The summed E-state index contributed by atoms with van der Waals surface area (Å²) in [5, 5.41) is 3.04. The minimum absolute atomic E-state index is 0.00222. The van der Waals surface area contributed by atoms with Gasteiger partial charge in [0.1, 0.15) is 5.69 Å². The van der Waals surface area contributed by atoms with E-state index in [4.69, 9.17) is 0 Å². The van der Waals surface area contributed by atoms with Crippen molar-refractivity contribution in [1.82, 2.24) is 10.3 Å². The van der Waals surface area contributed by atoms with Gasteiger partial charge in [0.25, 0.3) is 5.91 Å². The number of hydrogen-bond acceptors (Lipinski definition) is 2. The van der Waals surface area contributed by atoms with Gasteiger partial charge >= 0.3 is 0 Å². The largest absolute Gasteiger partial charge is 0.356 e. The molecule has 0 unspecified atom stereocenters. The highest BCUT2D eigenvalue weighted by molar-refractivity contribution is 9.10. The second-order valence-electron chi connectivity index (χ2n) is 3.59. The fourth-order valence-corrected chi connectivity index (χ4v) is 3.05. The Morgan fingerprint density at radius 2 is 2.27 bits per heavy atom. The van der Waals surface area contributed by atoms with E-state index in [1.54, 1.807) is 12.3 Å². The van der Waals surface area contributed by atoms with Crippen molar-refractivity contribution in [3.05, 3.63) is 22.4 Å². The molecule has 0 aromatic carbocycles. The highest BCUT2D eigenvalue weighted by Gasteiger charge is 2.17. The van der Waals surface area contributed by atoms with Gasteiger partial charge in [-0.1, -0.05) is 0 Å². The van der Waals surface area contributed by atoms with Crippen LogP contribution in [-0.2, 0) is 0 Å². The first-order chi connectivity index (χ1) is 7.25. The fourth-order valence-electron chi connectivity index (χ4n) is 1.60. The van der Waals surface area contributed by atoms with Crippen LogP contribution in [-0.4, -0.2) is 28.4 Å². The minimum Gasteiger partial charge on any atom is -0.356 e. The number of thioether (sulfide) groups is 1. The second-order valence-corrected chi connectivity index (χ2v) is 5.73. The van der Waals surface area contributed by atoms with Gasteiger partial charge in [-0.15, -0.1) is 0 Å². The Morgan fingerprint density at radius 3 is 2.87 bits per heavy atom. The molecule has 0 spiro atoms. The van der Waals surface area contributed by atoms with E-state index in [-0.39, 0.29) is 5.91 Å². The van der Waals surface area contributed by atoms with Gasteiger partial charge in [-0.25, -0.2) is 0 Å². The monoisotopic (exact) mass is 288 g/mol. The van der Waals surface area contributed by atoms with Gasteiger partial charge in [-0.2, -0.15) is 11.8 Å². The van der Waals surface area contributed by atoms with E-state index in [0.717, 1.165) is 28.8 Å². The number of aromatic nitrogens is 1. The molecule has 5 heteroatoms. The normalized spacial score (nSPS) is 17.7. The Kier molecular flexibility index (Phi) is 3.75.